The number of nitrogens with one attached hydrogen (secondary N) is 1. The number of nitriles is 1. The number of carbonyl (C=O) groups excluding carboxylic acids is 1. The summed E-state index contributed by atoms with van der Waals surface area (Å²) >= 11 is 0. The highest BCUT2D eigenvalue weighted by Gasteiger charge is 2.23. The van der Waals surface area contributed by atoms with Crippen LogP contribution >= 0.6 is 0 Å². The van der Waals surface area contributed by atoms with Gasteiger partial charge in [-0.3, -0.25) is 9.59 Å². The highest BCUT2D eigenvalue weighted by Crippen LogP contribution is 2.21. The van der Waals surface area contributed by atoms with Gasteiger partial charge in [0, 0.05) is 30.8 Å². The van der Waals surface area contributed by atoms with E-state index in [2.05, 4.69) is 4.98 Å². The number of benzene rings is 2. The molecule has 0 spiro atoms. The molecule has 1 aliphatic rings. The fraction of sp³-hybridized carbons (Fsp3) is 0.174. The molecule has 1 N–H and O–H groups in total. The minimum Gasteiger partial charge on any atom is -0.489 e. The van der Waals surface area contributed by atoms with Crippen molar-refractivity contribution in [2.75, 3.05) is 6.54 Å². The van der Waals surface area contributed by atoms with Crippen LogP contribution in [0.1, 0.15) is 32.7 Å². The van der Waals surface area contributed by atoms with Crippen LogP contribution < -0.4 is 10.3 Å². The van der Waals surface area contributed by atoms with E-state index in [1.165, 1.54) is 0 Å². The van der Waals surface area contributed by atoms with Crippen molar-refractivity contribution in [2.45, 2.75) is 19.6 Å². The molecule has 4 rings (SSSR count). The Morgan fingerprint density at radius 1 is 1.14 bits per heavy atom. The van der Waals surface area contributed by atoms with Crippen molar-refractivity contribution >= 4 is 5.91 Å². The summed E-state index contributed by atoms with van der Waals surface area (Å²) in [5, 5.41) is 9.07. The van der Waals surface area contributed by atoms with Gasteiger partial charge in [0.15, 0.2) is 0 Å². The molecule has 0 atom stereocenters. The topological polar surface area (TPSA) is 86.2 Å². The largest absolute Gasteiger partial charge is 0.489 e. The van der Waals surface area contributed by atoms with Crippen LogP contribution in [0.15, 0.2) is 65.5 Å². The minimum atomic E-state index is -0.380. The number of fused-ring (bicyclic) bond motifs is 1. The third kappa shape index (κ3) is 4.04. The quantitative estimate of drug-likeness (QED) is 0.748. The summed E-state index contributed by atoms with van der Waals surface area (Å²) in [6, 6.07) is 20.4. The maximum atomic E-state index is 13.0. The summed E-state index contributed by atoms with van der Waals surface area (Å²) in [6.45, 7) is 1.29. The molecule has 0 saturated heterocycles. The van der Waals surface area contributed by atoms with Gasteiger partial charge in [0.25, 0.3) is 11.5 Å². The van der Waals surface area contributed by atoms with Gasteiger partial charge in [-0.2, -0.15) is 5.26 Å². The molecule has 0 saturated carbocycles. The molecule has 3 aromatic rings. The lowest BCUT2D eigenvalue weighted by Gasteiger charge is -2.28. The molecule has 1 amide bonds. The molecule has 0 fully saturated rings. The molecular weight excluding hydrogens is 366 g/mol. The maximum absolute atomic E-state index is 13.0. The Morgan fingerprint density at radius 3 is 2.76 bits per heavy atom. The molecule has 0 radical (unpaired) electrons. The lowest BCUT2D eigenvalue weighted by atomic mass is 10.0. The Hall–Kier alpha value is -3.85. The van der Waals surface area contributed by atoms with E-state index in [-0.39, 0.29) is 17.0 Å². The van der Waals surface area contributed by atoms with Crippen LogP contribution in [0.3, 0.4) is 0 Å². The summed E-state index contributed by atoms with van der Waals surface area (Å²) in [6.07, 6.45) is 0.548. The average Bonchev–Trinajstić information content (AvgIpc) is 2.77. The van der Waals surface area contributed by atoms with Crippen LogP contribution in [0.4, 0.5) is 0 Å². The highest BCUT2D eigenvalue weighted by atomic mass is 16.5. The van der Waals surface area contributed by atoms with Gasteiger partial charge in [0.05, 0.1) is 0 Å². The zero-order chi connectivity index (χ0) is 20.2. The van der Waals surface area contributed by atoms with E-state index in [4.69, 9.17) is 10.00 Å². The van der Waals surface area contributed by atoms with E-state index in [1.54, 1.807) is 29.2 Å². The first-order valence-electron chi connectivity index (χ1n) is 9.35. The number of carbonyl (C=O) groups is 1. The Labute approximate surface area is 168 Å². The van der Waals surface area contributed by atoms with Crippen molar-refractivity contribution in [3.05, 3.63) is 99.0 Å². The van der Waals surface area contributed by atoms with Gasteiger partial charge in [-0.05, 0) is 35.4 Å². The van der Waals surface area contributed by atoms with E-state index in [0.717, 1.165) is 16.8 Å². The zero-order valence-corrected chi connectivity index (χ0v) is 15.7. The smallest absolute Gasteiger partial charge is 0.266 e. The van der Waals surface area contributed by atoms with Gasteiger partial charge in [0.2, 0.25) is 0 Å². The van der Waals surface area contributed by atoms with Crippen LogP contribution in [0.2, 0.25) is 0 Å². The van der Waals surface area contributed by atoms with Crippen molar-refractivity contribution in [1.29, 1.82) is 5.26 Å². The number of ether oxygens (including phenoxy) is 1. The van der Waals surface area contributed by atoms with E-state index in [1.807, 2.05) is 42.5 Å². The Bertz CT molecular complexity index is 1150. The number of aromatic amines is 1. The summed E-state index contributed by atoms with van der Waals surface area (Å²) in [4.78, 5) is 29.3. The first kappa shape index (κ1) is 18.5. The SMILES string of the molecule is N#Cc1cc2c([nH]c1=O)CCN(C(=O)c1cccc(OCc3ccccc3)c1)C2. The number of hydrogen-bond donors (Lipinski definition) is 1. The first-order valence-corrected chi connectivity index (χ1v) is 9.35. The Balaban J connectivity index is 1.49. The number of nitrogens with zero attached hydrogens (tertiary/aromatic N) is 2. The molecule has 0 bridgehead atoms. The third-order valence-electron chi connectivity index (χ3n) is 4.95. The van der Waals surface area contributed by atoms with E-state index in [0.29, 0.717) is 37.4 Å². The molecule has 6 heteroatoms. The number of rotatable bonds is 4. The monoisotopic (exact) mass is 385 g/mol. The van der Waals surface area contributed by atoms with Gasteiger partial charge in [0.1, 0.15) is 24.0 Å². The van der Waals surface area contributed by atoms with Crippen molar-refractivity contribution in [1.82, 2.24) is 9.88 Å². The second-order valence-electron chi connectivity index (χ2n) is 6.91. The second kappa shape index (κ2) is 8.03. The third-order valence-corrected chi connectivity index (χ3v) is 4.95. The Morgan fingerprint density at radius 2 is 1.97 bits per heavy atom. The number of H-pyrrole nitrogens is 1. The normalized spacial score (nSPS) is 12.7. The fourth-order valence-corrected chi connectivity index (χ4v) is 3.41. The zero-order valence-electron chi connectivity index (χ0n) is 15.7. The molecular formula is C23H19N3O3. The van der Waals surface area contributed by atoms with Crippen LogP contribution in [0.25, 0.3) is 0 Å². The van der Waals surface area contributed by atoms with Crippen LogP contribution in [-0.4, -0.2) is 22.3 Å². The number of amides is 1. The van der Waals surface area contributed by atoms with Gasteiger partial charge in [-0.1, -0.05) is 36.4 Å². The van der Waals surface area contributed by atoms with E-state index >= 15 is 0 Å². The average molecular weight is 385 g/mol. The standard InChI is InChI=1S/C23H19N3O3/c24-13-18-11-19-14-26(10-9-21(19)25-22(18)27)23(28)17-7-4-8-20(12-17)29-15-16-5-2-1-3-6-16/h1-8,11-12H,9-10,14-15H2,(H,25,27). The molecule has 1 aliphatic heterocycles. The van der Waals surface area contributed by atoms with Crippen LogP contribution in [0, 0.1) is 11.3 Å². The van der Waals surface area contributed by atoms with Crippen LogP contribution in [-0.2, 0) is 19.6 Å². The Kier molecular flexibility index (Phi) is 5.12. The van der Waals surface area contributed by atoms with E-state index < -0.39 is 0 Å². The second-order valence-corrected chi connectivity index (χ2v) is 6.91. The number of aromatic nitrogens is 1. The summed E-state index contributed by atoms with van der Waals surface area (Å²) in [5.41, 5.74) is 2.88. The lowest BCUT2D eigenvalue weighted by molar-refractivity contribution is 0.0733. The van der Waals surface area contributed by atoms with Gasteiger partial charge in [-0.15, -0.1) is 0 Å². The molecule has 0 unspecified atom stereocenters. The molecule has 2 heterocycles. The van der Waals surface area contributed by atoms with Crippen molar-refractivity contribution < 1.29 is 9.53 Å². The molecule has 29 heavy (non-hydrogen) atoms. The predicted octanol–water partition coefficient (Wildman–Crippen LogP) is 3.02. The van der Waals surface area contributed by atoms with Gasteiger partial charge < -0.3 is 14.6 Å². The molecule has 2 aromatic carbocycles. The molecule has 1 aromatic heterocycles. The van der Waals surface area contributed by atoms with Gasteiger partial charge in [-0.25, -0.2) is 0 Å². The molecule has 0 aliphatic carbocycles. The summed E-state index contributed by atoms with van der Waals surface area (Å²) in [7, 11) is 0. The lowest BCUT2D eigenvalue weighted by Crippen LogP contribution is -2.37. The highest BCUT2D eigenvalue weighted by molar-refractivity contribution is 5.94. The number of pyridine rings is 1. The molecule has 144 valence electrons. The van der Waals surface area contributed by atoms with E-state index in [9.17, 15) is 9.59 Å². The van der Waals surface area contributed by atoms with Crippen molar-refractivity contribution in [3.63, 3.8) is 0 Å². The summed E-state index contributed by atoms with van der Waals surface area (Å²) < 4.78 is 5.82. The molecule has 6 nitrogen and oxygen atoms in total. The number of hydrogen-bond acceptors (Lipinski definition) is 4. The maximum Gasteiger partial charge on any atom is 0.266 e. The first-order chi connectivity index (χ1) is 14.1. The van der Waals surface area contributed by atoms with Crippen molar-refractivity contribution in [3.8, 4) is 11.8 Å². The minimum absolute atomic E-state index is 0.0642. The predicted molar refractivity (Wildman–Crippen MR) is 107 cm³/mol. The van der Waals surface area contributed by atoms with Crippen LogP contribution in [0.5, 0.6) is 5.75 Å². The van der Waals surface area contributed by atoms with Crippen molar-refractivity contribution in [2.24, 2.45) is 0 Å². The fourth-order valence-electron chi connectivity index (χ4n) is 3.41. The summed E-state index contributed by atoms with van der Waals surface area (Å²) in [5.74, 6) is 0.527. The van der Waals surface area contributed by atoms with Gasteiger partial charge >= 0.3 is 0 Å².